The Labute approximate surface area is 147 Å². The summed E-state index contributed by atoms with van der Waals surface area (Å²) in [4.78, 5) is 22.9. The standard InChI is InChI=1S/C16H14BrClN2O3/c1-10(21)19-12-3-2-4-13(8-12)20-16(22)9-23-15-6-5-11(17)7-14(15)18/h2-8H,9H2,1H3,(H,19,21)(H,20,22). The lowest BCUT2D eigenvalue weighted by Gasteiger charge is -2.10. The van der Waals surface area contributed by atoms with Crippen LogP contribution in [0.15, 0.2) is 46.9 Å². The maximum atomic E-state index is 11.9. The van der Waals surface area contributed by atoms with Crippen LogP contribution in [0.1, 0.15) is 6.92 Å². The van der Waals surface area contributed by atoms with E-state index in [0.29, 0.717) is 22.1 Å². The summed E-state index contributed by atoms with van der Waals surface area (Å²) in [5.74, 6) is -0.0809. The summed E-state index contributed by atoms with van der Waals surface area (Å²) in [7, 11) is 0. The topological polar surface area (TPSA) is 67.4 Å². The van der Waals surface area contributed by atoms with E-state index in [1.54, 1.807) is 42.5 Å². The maximum Gasteiger partial charge on any atom is 0.262 e. The molecule has 0 saturated heterocycles. The Bertz CT molecular complexity index is 737. The van der Waals surface area contributed by atoms with Gasteiger partial charge in [-0.1, -0.05) is 33.6 Å². The highest BCUT2D eigenvalue weighted by Crippen LogP contribution is 2.27. The molecular formula is C16H14BrClN2O3. The first-order valence-electron chi connectivity index (χ1n) is 6.69. The molecule has 0 fully saturated rings. The fourth-order valence-corrected chi connectivity index (χ4v) is 2.54. The summed E-state index contributed by atoms with van der Waals surface area (Å²) in [6.07, 6.45) is 0. The van der Waals surface area contributed by atoms with Crippen LogP contribution in [-0.4, -0.2) is 18.4 Å². The van der Waals surface area contributed by atoms with Crippen LogP contribution in [0, 0.1) is 0 Å². The van der Waals surface area contributed by atoms with E-state index in [9.17, 15) is 9.59 Å². The van der Waals surface area contributed by atoms with Crippen molar-refractivity contribution in [2.45, 2.75) is 6.92 Å². The maximum absolute atomic E-state index is 11.9. The van der Waals surface area contributed by atoms with Crippen LogP contribution < -0.4 is 15.4 Å². The Kier molecular flexibility index (Phi) is 6.01. The molecule has 0 atom stereocenters. The van der Waals surface area contributed by atoms with Crippen molar-refractivity contribution in [3.63, 3.8) is 0 Å². The molecule has 5 nitrogen and oxygen atoms in total. The number of benzene rings is 2. The van der Waals surface area contributed by atoms with Gasteiger partial charge < -0.3 is 15.4 Å². The van der Waals surface area contributed by atoms with E-state index in [2.05, 4.69) is 26.6 Å². The van der Waals surface area contributed by atoms with Gasteiger partial charge in [-0.05, 0) is 36.4 Å². The molecule has 0 aromatic heterocycles. The zero-order valence-corrected chi connectivity index (χ0v) is 14.6. The minimum Gasteiger partial charge on any atom is -0.482 e. The molecule has 2 aromatic rings. The third-order valence-electron chi connectivity index (χ3n) is 2.72. The van der Waals surface area contributed by atoms with Gasteiger partial charge in [0.15, 0.2) is 6.61 Å². The fourth-order valence-electron chi connectivity index (χ4n) is 1.81. The first kappa shape index (κ1) is 17.3. The van der Waals surface area contributed by atoms with Crippen LogP contribution in [0.5, 0.6) is 5.75 Å². The molecular weight excluding hydrogens is 384 g/mol. The molecule has 2 amide bonds. The summed E-state index contributed by atoms with van der Waals surface area (Å²) in [5.41, 5.74) is 1.17. The number of anilines is 2. The van der Waals surface area contributed by atoms with Crippen molar-refractivity contribution in [2.75, 3.05) is 17.2 Å². The third kappa shape index (κ3) is 5.58. The Morgan fingerprint density at radius 1 is 1.13 bits per heavy atom. The smallest absolute Gasteiger partial charge is 0.262 e. The number of ether oxygens (including phenoxy) is 1. The Hall–Kier alpha value is -2.05. The molecule has 2 aromatic carbocycles. The molecule has 2 N–H and O–H groups in total. The number of amides is 2. The molecule has 0 spiro atoms. The monoisotopic (exact) mass is 396 g/mol. The molecule has 0 aliphatic carbocycles. The van der Waals surface area contributed by atoms with E-state index in [0.717, 1.165) is 4.47 Å². The second kappa shape index (κ2) is 7.99. The van der Waals surface area contributed by atoms with E-state index in [1.807, 2.05) is 0 Å². The molecule has 0 aliphatic rings. The Balaban J connectivity index is 1.93. The molecule has 0 unspecified atom stereocenters. The number of carbonyl (C=O) groups is 2. The largest absolute Gasteiger partial charge is 0.482 e. The lowest BCUT2D eigenvalue weighted by Crippen LogP contribution is -2.20. The van der Waals surface area contributed by atoms with Crippen molar-refractivity contribution in [3.8, 4) is 5.75 Å². The minimum atomic E-state index is -0.330. The van der Waals surface area contributed by atoms with Crippen LogP contribution in [-0.2, 0) is 9.59 Å². The number of halogens is 2. The van der Waals surface area contributed by atoms with Crippen molar-refractivity contribution in [1.82, 2.24) is 0 Å². The van der Waals surface area contributed by atoms with E-state index >= 15 is 0 Å². The second-order valence-electron chi connectivity index (χ2n) is 4.67. The van der Waals surface area contributed by atoms with Gasteiger partial charge >= 0.3 is 0 Å². The predicted molar refractivity (Wildman–Crippen MR) is 94.0 cm³/mol. The zero-order valence-electron chi connectivity index (χ0n) is 12.2. The van der Waals surface area contributed by atoms with Gasteiger partial charge in [0.05, 0.1) is 5.02 Å². The van der Waals surface area contributed by atoms with Crippen LogP contribution in [0.3, 0.4) is 0 Å². The SMILES string of the molecule is CC(=O)Nc1cccc(NC(=O)COc2ccc(Br)cc2Cl)c1. The molecule has 7 heteroatoms. The van der Waals surface area contributed by atoms with Gasteiger partial charge in [-0.2, -0.15) is 0 Å². The number of hydrogen-bond acceptors (Lipinski definition) is 3. The number of carbonyl (C=O) groups excluding carboxylic acids is 2. The van der Waals surface area contributed by atoms with Crippen molar-refractivity contribution in [2.24, 2.45) is 0 Å². The average Bonchev–Trinajstić information content (AvgIpc) is 2.46. The zero-order chi connectivity index (χ0) is 16.8. The van der Waals surface area contributed by atoms with Gasteiger partial charge in [0.25, 0.3) is 5.91 Å². The molecule has 23 heavy (non-hydrogen) atoms. The molecule has 120 valence electrons. The van der Waals surface area contributed by atoms with Gasteiger partial charge in [-0.15, -0.1) is 0 Å². The first-order chi connectivity index (χ1) is 10.9. The Morgan fingerprint density at radius 2 is 1.83 bits per heavy atom. The van der Waals surface area contributed by atoms with Crippen molar-refractivity contribution < 1.29 is 14.3 Å². The van der Waals surface area contributed by atoms with E-state index in [1.165, 1.54) is 6.92 Å². The quantitative estimate of drug-likeness (QED) is 0.799. The van der Waals surface area contributed by atoms with E-state index in [-0.39, 0.29) is 18.4 Å². The van der Waals surface area contributed by atoms with Crippen LogP contribution in [0.2, 0.25) is 5.02 Å². The van der Waals surface area contributed by atoms with E-state index < -0.39 is 0 Å². The summed E-state index contributed by atoms with van der Waals surface area (Å²) < 4.78 is 6.21. The molecule has 0 radical (unpaired) electrons. The van der Waals surface area contributed by atoms with Crippen LogP contribution >= 0.6 is 27.5 Å². The lowest BCUT2D eigenvalue weighted by atomic mass is 10.2. The van der Waals surface area contributed by atoms with Gasteiger partial charge in [-0.3, -0.25) is 9.59 Å². The van der Waals surface area contributed by atoms with Crippen LogP contribution in [0.25, 0.3) is 0 Å². The summed E-state index contributed by atoms with van der Waals surface area (Å²) in [6, 6.07) is 12.0. The normalized spacial score (nSPS) is 10.0. The predicted octanol–water partition coefficient (Wildman–Crippen LogP) is 4.08. The number of hydrogen-bond donors (Lipinski definition) is 2. The highest BCUT2D eigenvalue weighted by molar-refractivity contribution is 9.10. The summed E-state index contributed by atoms with van der Waals surface area (Å²) in [6.45, 7) is 1.24. The highest BCUT2D eigenvalue weighted by Gasteiger charge is 2.07. The highest BCUT2D eigenvalue weighted by atomic mass is 79.9. The van der Waals surface area contributed by atoms with Gasteiger partial charge in [0.1, 0.15) is 5.75 Å². The van der Waals surface area contributed by atoms with Gasteiger partial charge in [0, 0.05) is 22.8 Å². The van der Waals surface area contributed by atoms with Crippen molar-refractivity contribution in [3.05, 3.63) is 52.0 Å². The third-order valence-corrected chi connectivity index (χ3v) is 3.51. The number of nitrogens with one attached hydrogen (secondary N) is 2. The molecule has 2 rings (SSSR count). The minimum absolute atomic E-state index is 0.175. The molecule has 0 heterocycles. The van der Waals surface area contributed by atoms with Crippen molar-refractivity contribution in [1.29, 1.82) is 0 Å². The second-order valence-corrected chi connectivity index (χ2v) is 6.00. The molecule has 0 saturated carbocycles. The summed E-state index contributed by atoms with van der Waals surface area (Å²) >= 11 is 9.31. The fraction of sp³-hybridized carbons (Fsp3) is 0.125. The lowest BCUT2D eigenvalue weighted by molar-refractivity contribution is -0.118. The van der Waals surface area contributed by atoms with Gasteiger partial charge in [-0.25, -0.2) is 0 Å². The first-order valence-corrected chi connectivity index (χ1v) is 7.86. The van der Waals surface area contributed by atoms with E-state index in [4.69, 9.17) is 16.3 Å². The average molecular weight is 398 g/mol. The number of rotatable bonds is 5. The van der Waals surface area contributed by atoms with Crippen molar-refractivity contribution >= 4 is 50.7 Å². The summed E-state index contributed by atoms with van der Waals surface area (Å²) in [5, 5.41) is 5.75. The Morgan fingerprint density at radius 3 is 2.48 bits per heavy atom. The molecule has 0 bridgehead atoms. The molecule has 0 aliphatic heterocycles. The van der Waals surface area contributed by atoms with Crippen LogP contribution in [0.4, 0.5) is 11.4 Å². The van der Waals surface area contributed by atoms with Gasteiger partial charge in [0.2, 0.25) is 5.91 Å².